The topological polar surface area (TPSA) is 76.3 Å². The van der Waals surface area contributed by atoms with Crippen LogP contribution in [-0.2, 0) is 9.84 Å². The van der Waals surface area contributed by atoms with Crippen LogP contribution in [-0.4, -0.2) is 48.6 Å². The third-order valence-corrected chi connectivity index (χ3v) is 4.72. The molecule has 1 heterocycles. The maximum Gasteiger partial charge on any atom is 0.247 e. The van der Waals surface area contributed by atoms with Crippen LogP contribution in [0.25, 0.3) is 11.5 Å². The second kappa shape index (κ2) is 7.23. The van der Waals surface area contributed by atoms with Gasteiger partial charge < -0.3 is 4.42 Å². The Kier molecular flexibility index (Phi) is 5.54. The molecule has 7 heteroatoms. The average molecular weight is 337 g/mol. The summed E-state index contributed by atoms with van der Waals surface area (Å²) in [5.74, 6) is 1.09. The molecule has 0 saturated heterocycles. The molecule has 0 aliphatic carbocycles. The van der Waals surface area contributed by atoms with Gasteiger partial charge in [-0.2, -0.15) is 0 Å². The van der Waals surface area contributed by atoms with E-state index in [9.17, 15) is 8.42 Å². The van der Waals surface area contributed by atoms with Gasteiger partial charge in [-0.1, -0.05) is 24.6 Å². The van der Waals surface area contributed by atoms with E-state index in [0.29, 0.717) is 24.9 Å². The lowest BCUT2D eigenvalue weighted by Crippen LogP contribution is -2.31. The molecule has 0 radical (unpaired) electrons. The summed E-state index contributed by atoms with van der Waals surface area (Å²) >= 11 is 0. The van der Waals surface area contributed by atoms with Crippen LogP contribution in [0.1, 0.15) is 31.3 Å². The molecule has 23 heavy (non-hydrogen) atoms. The molecule has 0 fully saturated rings. The molecular weight excluding hydrogens is 314 g/mol. The zero-order valence-electron chi connectivity index (χ0n) is 14.0. The lowest BCUT2D eigenvalue weighted by molar-refractivity contribution is 0.203. The summed E-state index contributed by atoms with van der Waals surface area (Å²) in [6, 6.07) is 7.74. The third-order valence-electron chi connectivity index (χ3n) is 3.80. The van der Waals surface area contributed by atoms with Crippen molar-refractivity contribution >= 4 is 9.84 Å². The summed E-state index contributed by atoms with van der Waals surface area (Å²) in [4.78, 5) is 2.01. The lowest BCUT2D eigenvalue weighted by atomic mass is 10.1. The van der Waals surface area contributed by atoms with Gasteiger partial charge >= 0.3 is 0 Å². The number of aryl methyl sites for hydroxylation is 1. The van der Waals surface area contributed by atoms with Gasteiger partial charge in [-0.15, -0.1) is 10.2 Å². The van der Waals surface area contributed by atoms with E-state index in [1.54, 1.807) is 0 Å². The highest BCUT2D eigenvalue weighted by molar-refractivity contribution is 7.90. The minimum absolute atomic E-state index is 0.115. The largest absolute Gasteiger partial charge is 0.419 e. The first-order chi connectivity index (χ1) is 10.8. The van der Waals surface area contributed by atoms with Crippen LogP contribution in [0.5, 0.6) is 0 Å². The van der Waals surface area contributed by atoms with E-state index >= 15 is 0 Å². The number of benzene rings is 1. The molecule has 0 unspecified atom stereocenters. The average Bonchev–Trinajstić information content (AvgIpc) is 2.97. The first kappa shape index (κ1) is 17.6. The van der Waals surface area contributed by atoms with E-state index in [1.807, 2.05) is 49.9 Å². The van der Waals surface area contributed by atoms with Crippen LogP contribution >= 0.6 is 0 Å². The zero-order chi connectivity index (χ0) is 17.0. The Morgan fingerprint density at radius 3 is 2.43 bits per heavy atom. The van der Waals surface area contributed by atoms with Crippen molar-refractivity contribution in [2.24, 2.45) is 0 Å². The number of rotatable bonds is 7. The molecule has 0 spiro atoms. The van der Waals surface area contributed by atoms with Crippen molar-refractivity contribution in [2.45, 2.75) is 26.8 Å². The highest BCUT2D eigenvalue weighted by Crippen LogP contribution is 2.24. The van der Waals surface area contributed by atoms with E-state index in [2.05, 4.69) is 10.2 Å². The third kappa shape index (κ3) is 4.87. The Labute approximate surface area is 137 Å². The molecule has 126 valence electrons. The Bertz CT molecular complexity index is 738. The van der Waals surface area contributed by atoms with Crippen LogP contribution in [0, 0.1) is 6.92 Å². The van der Waals surface area contributed by atoms with Crippen molar-refractivity contribution in [1.82, 2.24) is 15.1 Å². The van der Waals surface area contributed by atoms with Gasteiger partial charge in [0.15, 0.2) is 0 Å². The normalized spacial score (nSPS) is 13.4. The predicted octanol–water partition coefficient (Wildman–Crippen LogP) is 2.47. The van der Waals surface area contributed by atoms with Crippen molar-refractivity contribution in [3.05, 3.63) is 35.7 Å². The van der Waals surface area contributed by atoms with Crippen LogP contribution in [0.15, 0.2) is 28.7 Å². The van der Waals surface area contributed by atoms with Gasteiger partial charge in [0, 0.05) is 18.4 Å². The van der Waals surface area contributed by atoms with Gasteiger partial charge in [-0.05, 0) is 32.5 Å². The molecule has 1 aromatic carbocycles. The van der Waals surface area contributed by atoms with Gasteiger partial charge in [0.25, 0.3) is 0 Å². The second-order valence-corrected chi connectivity index (χ2v) is 8.01. The predicted molar refractivity (Wildman–Crippen MR) is 89.8 cm³/mol. The summed E-state index contributed by atoms with van der Waals surface area (Å²) in [7, 11) is -3.00. The summed E-state index contributed by atoms with van der Waals surface area (Å²) in [5.41, 5.74) is 2.04. The summed E-state index contributed by atoms with van der Waals surface area (Å²) in [5, 5.41) is 8.22. The summed E-state index contributed by atoms with van der Waals surface area (Å²) in [6.45, 7) is 7.10. The quantitative estimate of drug-likeness (QED) is 0.772. The minimum atomic E-state index is -3.00. The summed E-state index contributed by atoms with van der Waals surface area (Å²) < 4.78 is 28.5. The van der Waals surface area contributed by atoms with Crippen molar-refractivity contribution in [3.8, 4) is 11.5 Å². The van der Waals surface area contributed by atoms with E-state index in [-0.39, 0.29) is 11.8 Å². The lowest BCUT2D eigenvalue weighted by Gasteiger charge is -2.24. The molecule has 0 aliphatic rings. The smallest absolute Gasteiger partial charge is 0.247 e. The van der Waals surface area contributed by atoms with Gasteiger partial charge in [-0.3, -0.25) is 4.90 Å². The molecule has 0 N–H and O–H groups in total. The molecule has 2 aromatic rings. The van der Waals surface area contributed by atoms with E-state index in [0.717, 1.165) is 5.56 Å². The zero-order valence-corrected chi connectivity index (χ0v) is 14.8. The van der Waals surface area contributed by atoms with Crippen molar-refractivity contribution in [3.63, 3.8) is 0 Å². The Hall–Kier alpha value is -1.73. The second-order valence-electron chi connectivity index (χ2n) is 5.75. The standard InChI is InChI=1S/C16H23N3O3S/c1-5-19(10-11-23(4,20)21)13(3)15-17-18-16(22-15)14-8-6-12(2)7-9-14/h6-9,13H,5,10-11H2,1-4H3/t13-/m1/s1. The monoisotopic (exact) mass is 337 g/mol. The molecule has 1 atom stereocenters. The molecule has 0 saturated carbocycles. The Balaban J connectivity index is 2.13. The molecule has 2 rings (SSSR count). The van der Waals surface area contributed by atoms with Crippen molar-refractivity contribution in [1.29, 1.82) is 0 Å². The van der Waals surface area contributed by atoms with Gasteiger partial charge in [-0.25, -0.2) is 8.42 Å². The van der Waals surface area contributed by atoms with Crippen LogP contribution in [0.2, 0.25) is 0 Å². The molecule has 0 amide bonds. The fourth-order valence-electron chi connectivity index (χ4n) is 2.28. The number of hydrogen-bond donors (Lipinski definition) is 0. The molecule has 0 aliphatic heterocycles. The van der Waals surface area contributed by atoms with Crippen LogP contribution in [0.3, 0.4) is 0 Å². The highest BCUT2D eigenvalue weighted by Gasteiger charge is 2.21. The van der Waals surface area contributed by atoms with Crippen molar-refractivity contribution in [2.75, 3.05) is 25.1 Å². The van der Waals surface area contributed by atoms with Gasteiger partial charge in [0.2, 0.25) is 11.8 Å². The fourth-order valence-corrected chi connectivity index (χ4v) is 2.85. The van der Waals surface area contributed by atoms with Crippen LogP contribution < -0.4 is 0 Å². The SMILES string of the molecule is CCN(CCS(C)(=O)=O)[C@H](C)c1nnc(-c2ccc(C)cc2)o1. The minimum Gasteiger partial charge on any atom is -0.419 e. The number of sulfone groups is 1. The molecule has 1 aromatic heterocycles. The van der Waals surface area contributed by atoms with E-state index in [4.69, 9.17) is 4.42 Å². The summed E-state index contributed by atoms with van der Waals surface area (Å²) in [6.07, 6.45) is 1.24. The fraction of sp³-hybridized carbons (Fsp3) is 0.500. The molecule has 6 nitrogen and oxygen atoms in total. The molecule has 0 bridgehead atoms. The maximum atomic E-state index is 11.3. The first-order valence-corrected chi connectivity index (χ1v) is 9.68. The number of nitrogens with zero attached hydrogens (tertiary/aromatic N) is 3. The number of aromatic nitrogens is 2. The van der Waals surface area contributed by atoms with Crippen molar-refractivity contribution < 1.29 is 12.8 Å². The Morgan fingerprint density at radius 2 is 1.87 bits per heavy atom. The highest BCUT2D eigenvalue weighted by atomic mass is 32.2. The first-order valence-electron chi connectivity index (χ1n) is 7.62. The Morgan fingerprint density at radius 1 is 1.22 bits per heavy atom. The van der Waals surface area contributed by atoms with E-state index in [1.165, 1.54) is 11.8 Å². The van der Waals surface area contributed by atoms with E-state index < -0.39 is 9.84 Å². The van der Waals surface area contributed by atoms with Gasteiger partial charge in [0.05, 0.1) is 11.8 Å². The maximum absolute atomic E-state index is 11.3. The molecular formula is C16H23N3O3S. The van der Waals surface area contributed by atoms with Gasteiger partial charge in [0.1, 0.15) is 9.84 Å². The van der Waals surface area contributed by atoms with Crippen LogP contribution in [0.4, 0.5) is 0 Å². The number of hydrogen-bond acceptors (Lipinski definition) is 6.